The predicted molar refractivity (Wildman–Crippen MR) is 131 cm³/mol. The van der Waals surface area contributed by atoms with Gasteiger partial charge in [0, 0.05) is 37.1 Å². The molecule has 5 heteroatoms. The molecule has 0 bridgehead atoms. The van der Waals surface area contributed by atoms with Crippen molar-refractivity contribution in [3.8, 4) is 11.1 Å². The van der Waals surface area contributed by atoms with Gasteiger partial charge in [-0.2, -0.15) is 0 Å². The zero-order valence-corrected chi connectivity index (χ0v) is 19.3. The van der Waals surface area contributed by atoms with Crippen LogP contribution in [0.2, 0.25) is 0 Å². The van der Waals surface area contributed by atoms with Gasteiger partial charge in [0.05, 0.1) is 5.41 Å². The first-order valence-corrected chi connectivity index (χ1v) is 11.6. The molecular formula is C28H31N3O2. The van der Waals surface area contributed by atoms with Crippen LogP contribution in [0.5, 0.6) is 0 Å². The second-order valence-electron chi connectivity index (χ2n) is 9.22. The lowest BCUT2D eigenvalue weighted by atomic mass is 9.73. The van der Waals surface area contributed by atoms with E-state index in [0.29, 0.717) is 25.1 Å². The fourth-order valence-corrected chi connectivity index (χ4v) is 4.69. The summed E-state index contributed by atoms with van der Waals surface area (Å²) in [5.41, 5.74) is 3.29. The minimum Gasteiger partial charge on any atom is -0.353 e. The van der Waals surface area contributed by atoms with E-state index < -0.39 is 5.41 Å². The van der Waals surface area contributed by atoms with Gasteiger partial charge < -0.3 is 10.2 Å². The van der Waals surface area contributed by atoms with Crippen LogP contribution < -0.4 is 5.32 Å². The van der Waals surface area contributed by atoms with Gasteiger partial charge in [-0.1, -0.05) is 42.5 Å². The van der Waals surface area contributed by atoms with Crippen LogP contribution in [-0.2, 0) is 11.2 Å². The highest BCUT2D eigenvalue weighted by molar-refractivity contribution is 5.95. The van der Waals surface area contributed by atoms with Crippen LogP contribution in [0, 0.1) is 5.41 Å². The molecule has 0 unspecified atom stereocenters. The number of likely N-dealkylation sites (tertiary alicyclic amines) is 1. The molecule has 2 heterocycles. The van der Waals surface area contributed by atoms with Gasteiger partial charge in [0.1, 0.15) is 0 Å². The molecule has 1 fully saturated rings. The van der Waals surface area contributed by atoms with Crippen molar-refractivity contribution < 1.29 is 9.59 Å². The molecule has 2 aromatic carbocycles. The first-order valence-electron chi connectivity index (χ1n) is 11.6. The minimum atomic E-state index is -0.663. The van der Waals surface area contributed by atoms with Crippen molar-refractivity contribution in [3.63, 3.8) is 0 Å². The van der Waals surface area contributed by atoms with Crippen LogP contribution in [-0.4, -0.2) is 40.8 Å². The number of amides is 2. The van der Waals surface area contributed by atoms with Gasteiger partial charge in [-0.05, 0) is 74.1 Å². The van der Waals surface area contributed by atoms with E-state index in [1.165, 1.54) is 0 Å². The van der Waals surface area contributed by atoms with E-state index in [2.05, 4.69) is 28.5 Å². The van der Waals surface area contributed by atoms with E-state index in [9.17, 15) is 9.59 Å². The molecule has 0 saturated carbocycles. The number of carbonyl (C=O) groups excluding carboxylic acids is 2. The molecule has 0 radical (unpaired) electrons. The highest BCUT2D eigenvalue weighted by atomic mass is 16.2. The number of pyridine rings is 1. The third-order valence-electron chi connectivity index (χ3n) is 6.27. The number of hydrogen-bond acceptors (Lipinski definition) is 3. The third kappa shape index (κ3) is 5.30. The molecule has 1 atom stereocenters. The maximum absolute atomic E-state index is 13.5. The number of piperidine rings is 1. The zero-order chi connectivity index (χ0) is 23.3. The number of rotatable bonds is 6. The van der Waals surface area contributed by atoms with Gasteiger partial charge in [0.2, 0.25) is 5.91 Å². The van der Waals surface area contributed by atoms with Crippen molar-refractivity contribution in [2.24, 2.45) is 5.41 Å². The second kappa shape index (κ2) is 9.99. The highest BCUT2D eigenvalue weighted by Gasteiger charge is 2.43. The maximum atomic E-state index is 13.5. The molecule has 170 valence electrons. The Balaban J connectivity index is 1.64. The lowest BCUT2D eigenvalue weighted by molar-refractivity contribution is -0.134. The normalized spacial score (nSPS) is 18.2. The summed E-state index contributed by atoms with van der Waals surface area (Å²) < 4.78 is 0. The smallest absolute Gasteiger partial charge is 0.253 e. The lowest BCUT2D eigenvalue weighted by Crippen LogP contribution is -2.55. The summed E-state index contributed by atoms with van der Waals surface area (Å²) in [6.45, 7) is 5.04. The van der Waals surface area contributed by atoms with Gasteiger partial charge in [-0.15, -0.1) is 0 Å². The summed E-state index contributed by atoms with van der Waals surface area (Å²) in [4.78, 5) is 32.7. The van der Waals surface area contributed by atoms with Crippen LogP contribution >= 0.6 is 0 Å². The topological polar surface area (TPSA) is 62.3 Å². The van der Waals surface area contributed by atoms with Crippen LogP contribution in [0.4, 0.5) is 0 Å². The van der Waals surface area contributed by atoms with Crippen molar-refractivity contribution in [3.05, 3.63) is 90.3 Å². The Morgan fingerprint density at radius 2 is 1.76 bits per heavy atom. The average molecular weight is 442 g/mol. The molecule has 0 spiro atoms. The van der Waals surface area contributed by atoms with Crippen molar-refractivity contribution >= 4 is 11.8 Å². The predicted octanol–water partition coefficient (Wildman–Crippen LogP) is 4.74. The molecule has 1 aromatic heterocycles. The summed E-state index contributed by atoms with van der Waals surface area (Å²) in [7, 11) is 0. The number of carbonyl (C=O) groups is 2. The van der Waals surface area contributed by atoms with Crippen LogP contribution in [0.1, 0.15) is 42.6 Å². The molecule has 5 nitrogen and oxygen atoms in total. The summed E-state index contributed by atoms with van der Waals surface area (Å²) in [6, 6.07) is 21.7. The Hall–Kier alpha value is -3.47. The van der Waals surface area contributed by atoms with E-state index >= 15 is 0 Å². The standard InChI is InChI=1S/C28H31N3O2/c1-21(2)30-27(33)28(14-7-17-31(20-28)26(32)24-9-4-3-5-10-24)19-22-8-6-11-25(18-22)23-12-15-29-16-13-23/h3-6,8-13,15-16,18,21H,7,14,17,19-20H2,1-2H3,(H,30,33)/t28-/m1/s1. The van der Waals surface area contributed by atoms with E-state index in [1.807, 2.05) is 67.3 Å². The molecule has 0 aliphatic carbocycles. The van der Waals surface area contributed by atoms with Crippen molar-refractivity contribution in [1.82, 2.24) is 15.2 Å². The first-order chi connectivity index (χ1) is 16.0. The van der Waals surface area contributed by atoms with Gasteiger partial charge in [0.15, 0.2) is 0 Å². The second-order valence-corrected chi connectivity index (χ2v) is 9.22. The SMILES string of the molecule is CC(C)NC(=O)[C@@]1(Cc2cccc(-c3ccncc3)c2)CCCN(C(=O)c2ccccc2)C1. The van der Waals surface area contributed by atoms with Crippen molar-refractivity contribution in [2.75, 3.05) is 13.1 Å². The van der Waals surface area contributed by atoms with Gasteiger partial charge in [-0.25, -0.2) is 0 Å². The van der Waals surface area contributed by atoms with E-state index in [0.717, 1.165) is 29.5 Å². The molecule has 33 heavy (non-hydrogen) atoms. The molecule has 4 rings (SSSR count). The quantitative estimate of drug-likeness (QED) is 0.601. The average Bonchev–Trinajstić information content (AvgIpc) is 2.84. The summed E-state index contributed by atoms with van der Waals surface area (Å²) in [6.07, 6.45) is 5.71. The minimum absolute atomic E-state index is 0.0115. The number of nitrogens with one attached hydrogen (secondary N) is 1. The molecular weight excluding hydrogens is 410 g/mol. The Morgan fingerprint density at radius 3 is 2.48 bits per heavy atom. The monoisotopic (exact) mass is 441 g/mol. The van der Waals surface area contributed by atoms with Gasteiger partial charge in [-0.3, -0.25) is 14.6 Å². The maximum Gasteiger partial charge on any atom is 0.253 e. The fraction of sp³-hybridized carbons (Fsp3) is 0.321. The molecule has 1 N–H and O–H groups in total. The number of nitrogens with zero attached hydrogens (tertiary/aromatic N) is 2. The molecule has 2 amide bonds. The fourth-order valence-electron chi connectivity index (χ4n) is 4.69. The molecule has 3 aromatic rings. The Morgan fingerprint density at radius 1 is 1.00 bits per heavy atom. The molecule has 1 aliphatic heterocycles. The number of hydrogen-bond donors (Lipinski definition) is 1. The van der Waals surface area contributed by atoms with Gasteiger partial charge in [0.25, 0.3) is 5.91 Å². The van der Waals surface area contributed by atoms with E-state index in [-0.39, 0.29) is 17.9 Å². The zero-order valence-electron chi connectivity index (χ0n) is 19.3. The van der Waals surface area contributed by atoms with E-state index in [4.69, 9.17) is 0 Å². The number of benzene rings is 2. The van der Waals surface area contributed by atoms with Crippen LogP contribution in [0.25, 0.3) is 11.1 Å². The molecule has 1 aliphatic rings. The summed E-state index contributed by atoms with van der Waals surface area (Å²) in [5, 5.41) is 3.13. The largest absolute Gasteiger partial charge is 0.353 e. The Kier molecular flexibility index (Phi) is 6.87. The summed E-state index contributed by atoms with van der Waals surface area (Å²) >= 11 is 0. The van der Waals surface area contributed by atoms with Crippen LogP contribution in [0.3, 0.4) is 0 Å². The third-order valence-corrected chi connectivity index (χ3v) is 6.27. The summed E-state index contributed by atoms with van der Waals surface area (Å²) in [5.74, 6) is 0.0138. The Labute approximate surface area is 195 Å². The van der Waals surface area contributed by atoms with Crippen molar-refractivity contribution in [2.45, 2.75) is 39.2 Å². The lowest BCUT2D eigenvalue weighted by Gasteiger charge is -2.42. The first kappa shape index (κ1) is 22.7. The van der Waals surface area contributed by atoms with E-state index in [1.54, 1.807) is 12.4 Å². The highest BCUT2D eigenvalue weighted by Crippen LogP contribution is 2.36. The number of aromatic nitrogens is 1. The van der Waals surface area contributed by atoms with Gasteiger partial charge >= 0.3 is 0 Å². The van der Waals surface area contributed by atoms with Crippen molar-refractivity contribution in [1.29, 1.82) is 0 Å². The molecule has 1 saturated heterocycles. The Bertz CT molecular complexity index is 1100. The van der Waals surface area contributed by atoms with Crippen LogP contribution in [0.15, 0.2) is 79.1 Å².